The summed E-state index contributed by atoms with van der Waals surface area (Å²) in [6.45, 7) is 3.75. The summed E-state index contributed by atoms with van der Waals surface area (Å²) in [7, 11) is 0. The number of hydrogen-bond donors (Lipinski definition) is 0. The van der Waals surface area contributed by atoms with Gasteiger partial charge >= 0.3 is 0 Å². The minimum atomic E-state index is -0.105. The largest absolute Gasteiger partial charge is 0.337 e. The molecule has 3 heterocycles. The third kappa shape index (κ3) is 3.85. The Morgan fingerprint density at radius 3 is 2.57 bits per heavy atom. The predicted molar refractivity (Wildman–Crippen MR) is 103 cm³/mol. The van der Waals surface area contributed by atoms with Crippen LogP contribution in [0, 0.1) is 12.8 Å². The Kier molecular flexibility index (Phi) is 5.01. The van der Waals surface area contributed by atoms with E-state index in [1.165, 1.54) is 15.7 Å². The van der Waals surface area contributed by atoms with Gasteiger partial charge in [-0.3, -0.25) is 9.59 Å². The molecule has 0 saturated carbocycles. The van der Waals surface area contributed by atoms with E-state index in [0.29, 0.717) is 31.2 Å². The van der Waals surface area contributed by atoms with Gasteiger partial charge in [-0.25, -0.2) is 4.68 Å². The first-order valence-electron chi connectivity index (χ1n) is 9.42. The van der Waals surface area contributed by atoms with Gasteiger partial charge in [0.2, 0.25) is 0 Å². The molecule has 0 N–H and O–H groups in total. The fraction of sp³-hybridized carbons (Fsp3) is 0.350. The number of aromatic nitrogens is 5. The van der Waals surface area contributed by atoms with E-state index in [1.807, 2.05) is 42.2 Å². The van der Waals surface area contributed by atoms with Crippen molar-refractivity contribution in [2.75, 3.05) is 13.1 Å². The van der Waals surface area contributed by atoms with Crippen LogP contribution >= 0.6 is 0 Å². The van der Waals surface area contributed by atoms with Gasteiger partial charge in [0.05, 0.1) is 17.6 Å². The van der Waals surface area contributed by atoms with Crippen molar-refractivity contribution < 1.29 is 4.79 Å². The minimum absolute atomic E-state index is 0.0818. The Morgan fingerprint density at radius 2 is 1.82 bits per heavy atom. The first-order chi connectivity index (χ1) is 13.6. The summed E-state index contributed by atoms with van der Waals surface area (Å²) in [5.41, 5.74) is 1.91. The molecule has 28 heavy (non-hydrogen) atoms. The molecule has 3 aromatic rings. The van der Waals surface area contributed by atoms with E-state index in [9.17, 15) is 9.59 Å². The van der Waals surface area contributed by atoms with E-state index in [1.54, 1.807) is 12.1 Å². The Hall–Kier alpha value is -3.29. The van der Waals surface area contributed by atoms with Gasteiger partial charge in [0.25, 0.3) is 11.5 Å². The molecular weight excluding hydrogens is 356 g/mol. The number of aryl methyl sites for hydroxylation is 1. The summed E-state index contributed by atoms with van der Waals surface area (Å²) < 4.78 is 1.53. The van der Waals surface area contributed by atoms with Crippen molar-refractivity contribution in [1.82, 2.24) is 29.7 Å². The number of rotatable bonds is 4. The summed E-state index contributed by atoms with van der Waals surface area (Å²) in [5.74, 6) is 0.225. The summed E-state index contributed by atoms with van der Waals surface area (Å²) in [5, 5.41) is 12.8. The van der Waals surface area contributed by atoms with Crippen LogP contribution in [0.2, 0.25) is 0 Å². The molecule has 1 aliphatic rings. The second-order valence-corrected chi connectivity index (χ2v) is 7.09. The van der Waals surface area contributed by atoms with E-state index >= 15 is 0 Å². The quantitative estimate of drug-likeness (QED) is 0.690. The number of likely N-dealkylation sites (tertiary alicyclic amines) is 1. The number of carbonyl (C=O) groups excluding carboxylic acids is 1. The average molecular weight is 378 g/mol. The van der Waals surface area contributed by atoms with Crippen LogP contribution in [0.1, 0.15) is 29.0 Å². The molecule has 144 valence electrons. The summed E-state index contributed by atoms with van der Waals surface area (Å²) in [6, 6.07) is 12.8. The highest BCUT2D eigenvalue weighted by Gasteiger charge is 2.26. The Bertz CT molecular complexity index is 1020. The van der Waals surface area contributed by atoms with Crippen molar-refractivity contribution in [1.29, 1.82) is 0 Å². The third-order valence-electron chi connectivity index (χ3n) is 5.03. The van der Waals surface area contributed by atoms with Crippen LogP contribution in [0.4, 0.5) is 0 Å². The lowest BCUT2D eigenvalue weighted by atomic mass is 9.96. The van der Waals surface area contributed by atoms with Gasteiger partial charge in [-0.05, 0) is 43.9 Å². The Balaban J connectivity index is 1.37. The number of hydrogen-bond acceptors (Lipinski definition) is 5. The van der Waals surface area contributed by atoms with Gasteiger partial charge in [-0.1, -0.05) is 18.2 Å². The van der Waals surface area contributed by atoms with Crippen molar-refractivity contribution in [3.05, 3.63) is 70.4 Å². The molecule has 1 aromatic carbocycles. The maximum Gasteiger partial charge on any atom is 0.276 e. The molecule has 0 aliphatic carbocycles. The van der Waals surface area contributed by atoms with Crippen LogP contribution in [0.3, 0.4) is 0 Å². The molecule has 1 aliphatic heterocycles. The molecule has 1 fully saturated rings. The molecule has 0 radical (unpaired) electrons. The molecular formula is C20H22N6O2. The van der Waals surface area contributed by atoms with Crippen LogP contribution in [-0.4, -0.2) is 48.7 Å². The second-order valence-electron chi connectivity index (χ2n) is 7.09. The van der Waals surface area contributed by atoms with E-state index in [-0.39, 0.29) is 11.5 Å². The maximum atomic E-state index is 12.8. The SMILES string of the molecule is Cc1ccc(=O)n(CC2CCN(C(=O)c3cnn(-c4ccccc4)n3)CC2)n1. The molecule has 1 saturated heterocycles. The number of carbonyl (C=O) groups is 1. The van der Waals surface area contributed by atoms with Crippen LogP contribution in [0.5, 0.6) is 0 Å². The fourth-order valence-electron chi connectivity index (χ4n) is 3.45. The maximum absolute atomic E-state index is 12.8. The normalized spacial score (nSPS) is 15.0. The molecule has 8 nitrogen and oxygen atoms in total. The van der Waals surface area contributed by atoms with Gasteiger partial charge in [-0.15, -0.1) is 5.10 Å². The lowest BCUT2D eigenvalue weighted by Gasteiger charge is -2.31. The van der Waals surface area contributed by atoms with Gasteiger partial charge < -0.3 is 4.90 Å². The molecule has 4 rings (SSSR count). The fourth-order valence-corrected chi connectivity index (χ4v) is 3.45. The number of amides is 1. The van der Waals surface area contributed by atoms with E-state index in [4.69, 9.17) is 0 Å². The van der Waals surface area contributed by atoms with Crippen molar-refractivity contribution >= 4 is 5.91 Å². The first-order valence-corrected chi connectivity index (χ1v) is 9.42. The highest BCUT2D eigenvalue weighted by atomic mass is 16.2. The topological polar surface area (TPSA) is 85.9 Å². The Morgan fingerprint density at radius 1 is 1.07 bits per heavy atom. The van der Waals surface area contributed by atoms with Gasteiger partial charge in [-0.2, -0.15) is 15.0 Å². The zero-order chi connectivity index (χ0) is 19.5. The molecule has 0 atom stereocenters. The van der Waals surface area contributed by atoms with Crippen molar-refractivity contribution in [2.45, 2.75) is 26.3 Å². The van der Waals surface area contributed by atoms with Crippen LogP contribution < -0.4 is 5.56 Å². The number of piperidine rings is 1. The van der Waals surface area contributed by atoms with Crippen molar-refractivity contribution in [3.63, 3.8) is 0 Å². The average Bonchev–Trinajstić information content (AvgIpc) is 3.22. The van der Waals surface area contributed by atoms with Gasteiger partial charge in [0, 0.05) is 25.7 Å². The highest BCUT2D eigenvalue weighted by Crippen LogP contribution is 2.20. The number of nitrogens with zero attached hydrogens (tertiary/aromatic N) is 6. The van der Waals surface area contributed by atoms with Gasteiger partial charge in [0.1, 0.15) is 0 Å². The summed E-state index contributed by atoms with van der Waals surface area (Å²) in [6.07, 6.45) is 3.18. The zero-order valence-corrected chi connectivity index (χ0v) is 15.7. The highest BCUT2D eigenvalue weighted by molar-refractivity contribution is 5.92. The van der Waals surface area contributed by atoms with Crippen LogP contribution in [0.15, 0.2) is 53.5 Å². The molecule has 0 bridgehead atoms. The lowest BCUT2D eigenvalue weighted by Crippen LogP contribution is -2.40. The second kappa shape index (κ2) is 7.75. The standard InChI is InChI=1S/C20H22N6O2/c1-15-7-8-19(27)25(22-15)14-16-9-11-24(12-10-16)20(28)18-13-21-26(23-18)17-5-3-2-4-6-17/h2-8,13,16H,9-12,14H2,1H3. The zero-order valence-electron chi connectivity index (χ0n) is 15.7. The first kappa shape index (κ1) is 18.1. The van der Waals surface area contributed by atoms with E-state index < -0.39 is 0 Å². The van der Waals surface area contributed by atoms with Crippen LogP contribution in [0.25, 0.3) is 5.69 Å². The smallest absolute Gasteiger partial charge is 0.276 e. The molecule has 1 amide bonds. The summed E-state index contributed by atoms with van der Waals surface area (Å²) in [4.78, 5) is 28.0. The number of benzene rings is 1. The Labute approximate surface area is 162 Å². The molecule has 8 heteroatoms. The number of para-hydroxylation sites is 1. The lowest BCUT2D eigenvalue weighted by molar-refractivity contribution is 0.0674. The van der Waals surface area contributed by atoms with E-state index in [0.717, 1.165) is 24.2 Å². The molecule has 0 unspecified atom stereocenters. The predicted octanol–water partition coefficient (Wildman–Crippen LogP) is 1.68. The molecule has 0 spiro atoms. The van der Waals surface area contributed by atoms with Crippen molar-refractivity contribution in [2.24, 2.45) is 5.92 Å². The monoisotopic (exact) mass is 378 g/mol. The van der Waals surface area contributed by atoms with Crippen molar-refractivity contribution in [3.8, 4) is 5.69 Å². The molecule has 2 aromatic heterocycles. The van der Waals surface area contributed by atoms with E-state index in [2.05, 4.69) is 15.3 Å². The summed E-state index contributed by atoms with van der Waals surface area (Å²) >= 11 is 0. The minimum Gasteiger partial charge on any atom is -0.337 e. The third-order valence-corrected chi connectivity index (χ3v) is 5.03. The van der Waals surface area contributed by atoms with Gasteiger partial charge in [0.15, 0.2) is 5.69 Å². The van der Waals surface area contributed by atoms with Crippen LogP contribution in [-0.2, 0) is 6.54 Å².